The molecule has 0 aliphatic heterocycles. The van der Waals surface area contributed by atoms with Gasteiger partial charge in [-0.15, -0.1) is 0 Å². The van der Waals surface area contributed by atoms with Gasteiger partial charge >= 0.3 is 0 Å². The van der Waals surface area contributed by atoms with Crippen molar-refractivity contribution in [3.05, 3.63) is 76.9 Å². The Bertz CT molecular complexity index is 1120. The van der Waals surface area contributed by atoms with Crippen LogP contribution in [0, 0.1) is 32.5 Å². The number of aryl methyl sites for hydroxylation is 3. The number of nitrogens with zero attached hydrogens (tertiary/aromatic N) is 1. The molecule has 0 spiro atoms. The molecule has 0 saturated carbocycles. The first kappa shape index (κ1) is 44.2. The van der Waals surface area contributed by atoms with Crippen molar-refractivity contribution in [2.24, 2.45) is 11.7 Å². The fourth-order valence-corrected chi connectivity index (χ4v) is 3.36. The quantitative estimate of drug-likeness (QED) is 0.261. The van der Waals surface area contributed by atoms with E-state index in [0.717, 1.165) is 55.0 Å². The molecule has 0 radical (unpaired) electrons. The van der Waals surface area contributed by atoms with Crippen LogP contribution >= 0.6 is 0 Å². The lowest BCUT2D eigenvalue weighted by molar-refractivity contribution is -0.117. The van der Waals surface area contributed by atoms with Gasteiger partial charge in [-0.2, -0.15) is 0 Å². The average molecular weight is 599 g/mol. The van der Waals surface area contributed by atoms with Crippen LogP contribution in [0.15, 0.2) is 48.7 Å². The minimum absolute atomic E-state index is 0.167. The van der Waals surface area contributed by atoms with E-state index in [1.807, 2.05) is 26.8 Å². The number of nitrogens with two attached hydrogens (primary N) is 1. The minimum atomic E-state index is -0.201. The van der Waals surface area contributed by atoms with E-state index in [2.05, 4.69) is 57.8 Å². The van der Waals surface area contributed by atoms with Gasteiger partial charge < -0.3 is 20.1 Å². The fraction of sp³-hybridized carbons (Fsp3) is 0.514. The number of benzene rings is 2. The maximum atomic E-state index is 12.7. The molecule has 2 aromatic carbocycles. The zero-order chi connectivity index (χ0) is 33.8. The molecule has 3 aromatic rings. The number of aromatic nitrogens is 1. The number of aldehydes is 1. The topological polar surface area (TPSA) is 90.1 Å². The first-order valence-electron chi connectivity index (χ1n) is 15.5. The Labute approximate surface area is 261 Å². The number of fused-ring (bicyclic) bond motifs is 1. The molecule has 1 heterocycles. The molecule has 0 aliphatic rings. The summed E-state index contributed by atoms with van der Waals surface area (Å²) in [4.78, 5) is 34.1. The van der Waals surface area contributed by atoms with Gasteiger partial charge in [-0.1, -0.05) is 52.8 Å². The number of pyridine rings is 1. The number of hydrogen-bond donors (Lipinski definition) is 1. The summed E-state index contributed by atoms with van der Waals surface area (Å²) >= 11 is 0. The van der Waals surface area contributed by atoms with Crippen LogP contribution in [0.5, 0.6) is 0 Å². The molecule has 2 N–H and O–H groups in total. The van der Waals surface area contributed by atoms with E-state index in [1.54, 1.807) is 19.2 Å². The Balaban J connectivity index is -0.000000485. The maximum Gasteiger partial charge on any atom is 0.129 e. The van der Waals surface area contributed by atoms with E-state index < -0.39 is 0 Å². The Hall–Kier alpha value is -3.25. The van der Waals surface area contributed by atoms with Gasteiger partial charge in [0.25, 0.3) is 0 Å². The molecule has 43 heavy (non-hydrogen) atoms. The van der Waals surface area contributed by atoms with Crippen molar-refractivity contribution in [3.63, 3.8) is 0 Å². The fourth-order valence-electron chi connectivity index (χ4n) is 3.36. The van der Waals surface area contributed by atoms with E-state index in [-0.39, 0.29) is 17.4 Å². The number of ketones is 2. The molecule has 5 nitrogen and oxygen atoms in total. The van der Waals surface area contributed by atoms with Gasteiger partial charge in [0, 0.05) is 30.1 Å². The summed E-state index contributed by atoms with van der Waals surface area (Å²) in [5.41, 5.74) is 10.3. The number of halogens is 1. The van der Waals surface area contributed by atoms with Crippen molar-refractivity contribution < 1.29 is 18.8 Å². The molecule has 0 fully saturated rings. The van der Waals surface area contributed by atoms with Gasteiger partial charge in [-0.05, 0) is 126 Å². The number of rotatable bonds is 8. The van der Waals surface area contributed by atoms with Gasteiger partial charge in [0.15, 0.2) is 0 Å². The molecule has 242 valence electrons. The van der Waals surface area contributed by atoms with Gasteiger partial charge in [0.05, 0.1) is 0 Å². The molecule has 1 atom stereocenters. The van der Waals surface area contributed by atoms with Gasteiger partial charge in [-0.3, -0.25) is 4.98 Å². The zero-order valence-electron chi connectivity index (χ0n) is 28.9. The van der Waals surface area contributed by atoms with Gasteiger partial charge in [-0.25, -0.2) is 4.39 Å². The van der Waals surface area contributed by atoms with Crippen LogP contribution in [0.1, 0.15) is 110 Å². The number of Topliss-reactive ketones (excluding diaryl/α,β-unsaturated/α-hetero) is 2. The van der Waals surface area contributed by atoms with Crippen LogP contribution in [0.3, 0.4) is 0 Å². The number of hydrogen-bond acceptors (Lipinski definition) is 5. The summed E-state index contributed by atoms with van der Waals surface area (Å²) in [5.74, 6) is 0.708. The average Bonchev–Trinajstić information content (AvgIpc) is 2.97. The molecule has 0 unspecified atom stereocenters. The first-order valence-corrected chi connectivity index (χ1v) is 15.5. The van der Waals surface area contributed by atoms with Crippen molar-refractivity contribution >= 4 is 28.6 Å². The molecule has 0 bridgehead atoms. The van der Waals surface area contributed by atoms with Crippen molar-refractivity contribution in [2.75, 3.05) is 6.54 Å². The maximum absolute atomic E-state index is 12.7. The van der Waals surface area contributed by atoms with Crippen molar-refractivity contribution in [3.8, 4) is 0 Å². The van der Waals surface area contributed by atoms with E-state index >= 15 is 0 Å². The Morgan fingerprint density at radius 1 is 0.953 bits per heavy atom. The first-order chi connectivity index (χ1) is 20.3. The van der Waals surface area contributed by atoms with Crippen LogP contribution in [0.2, 0.25) is 0 Å². The van der Waals surface area contributed by atoms with E-state index in [0.29, 0.717) is 18.8 Å². The van der Waals surface area contributed by atoms with Gasteiger partial charge in [0.1, 0.15) is 23.7 Å². The Morgan fingerprint density at radius 3 is 2.00 bits per heavy atom. The molecule has 0 saturated heterocycles. The summed E-state index contributed by atoms with van der Waals surface area (Å²) in [6.07, 6.45) is 8.04. The number of carbonyl (C=O) groups is 3. The second kappa shape index (κ2) is 28.9. The van der Waals surface area contributed by atoms with Crippen LogP contribution in [0.25, 0.3) is 10.8 Å². The van der Waals surface area contributed by atoms with Crippen LogP contribution in [-0.4, -0.2) is 29.4 Å². The molecular formula is C37H59FN2O3. The third-order valence-electron chi connectivity index (χ3n) is 5.97. The third-order valence-corrected chi connectivity index (χ3v) is 5.97. The highest BCUT2D eigenvalue weighted by molar-refractivity contribution is 5.81. The predicted octanol–water partition coefficient (Wildman–Crippen LogP) is 9.50. The monoisotopic (exact) mass is 598 g/mol. The lowest BCUT2D eigenvalue weighted by Crippen LogP contribution is -1.99. The summed E-state index contributed by atoms with van der Waals surface area (Å²) in [5, 5.41) is 1.88. The van der Waals surface area contributed by atoms with E-state index in [9.17, 15) is 18.8 Å². The highest BCUT2D eigenvalue weighted by Gasteiger charge is 2.02. The largest absolute Gasteiger partial charge is 0.330 e. The normalized spacial score (nSPS) is 9.88. The second-order valence-electron chi connectivity index (χ2n) is 10.3. The summed E-state index contributed by atoms with van der Waals surface area (Å²) < 4.78 is 12.7. The lowest BCUT2D eigenvalue weighted by atomic mass is 9.99. The number of carbonyl (C=O) groups excluding carboxylic acids is 3. The predicted molar refractivity (Wildman–Crippen MR) is 183 cm³/mol. The molecule has 0 amide bonds. The van der Waals surface area contributed by atoms with Gasteiger partial charge in [0.2, 0.25) is 0 Å². The summed E-state index contributed by atoms with van der Waals surface area (Å²) in [6, 6.07) is 13.1. The van der Waals surface area contributed by atoms with Crippen molar-refractivity contribution in [2.45, 2.75) is 115 Å². The smallest absolute Gasteiger partial charge is 0.129 e. The van der Waals surface area contributed by atoms with Crippen LogP contribution in [0.4, 0.5) is 4.39 Å². The second-order valence-corrected chi connectivity index (χ2v) is 10.3. The van der Waals surface area contributed by atoms with Crippen molar-refractivity contribution in [1.29, 1.82) is 0 Å². The standard InChI is InChI=1S/C10H8FN.C10H14.C9H16O2.C3H9N.C3H6O.C2H6/c1-7-4-9-5-10(11)3-2-8(9)6-12-7;1-4-10-7-5-6-8(2)9(10)3;1-8(4-3-7-10)5-6-9(2)11;1-2-3-4;1-3(2)4;1-2/h2-6H,1H3;5-7H,4H2,1-3H3;7-8H,3-6H2,1-2H3;2-4H2,1H3;1-2H3;1-2H3/t;;8-;;;/m..0.../s1. The van der Waals surface area contributed by atoms with Crippen molar-refractivity contribution in [1.82, 2.24) is 4.98 Å². The minimum Gasteiger partial charge on any atom is -0.330 e. The SMILES string of the molecule is CC.CC(=O)CC[C@@H](C)CCC=O.CC(C)=O.CCCN.CCc1cccc(C)c1C.Cc1cc2cc(F)ccc2cn1. The summed E-state index contributed by atoms with van der Waals surface area (Å²) in [7, 11) is 0. The Kier molecular flexibility index (Phi) is 29.7. The van der Waals surface area contributed by atoms with Crippen LogP contribution in [-0.2, 0) is 20.8 Å². The highest BCUT2D eigenvalue weighted by atomic mass is 19.1. The molecule has 3 rings (SSSR count). The summed E-state index contributed by atoms with van der Waals surface area (Å²) in [6.45, 7) is 22.0. The molecule has 6 heteroatoms. The van der Waals surface area contributed by atoms with E-state index in [1.165, 1.54) is 42.7 Å². The molecule has 1 aromatic heterocycles. The van der Waals surface area contributed by atoms with Crippen LogP contribution < -0.4 is 5.73 Å². The highest BCUT2D eigenvalue weighted by Crippen LogP contribution is 2.15. The van der Waals surface area contributed by atoms with E-state index in [4.69, 9.17) is 5.73 Å². The lowest BCUT2D eigenvalue weighted by Gasteiger charge is -2.06. The Morgan fingerprint density at radius 2 is 1.53 bits per heavy atom. The third kappa shape index (κ3) is 26.1. The molecule has 0 aliphatic carbocycles. The molecular weight excluding hydrogens is 539 g/mol. The zero-order valence-corrected chi connectivity index (χ0v) is 28.9.